The summed E-state index contributed by atoms with van der Waals surface area (Å²) in [5.74, 6) is -0.426. The van der Waals surface area contributed by atoms with E-state index in [1.807, 2.05) is 4.57 Å². The van der Waals surface area contributed by atoms with Crippen LogP contribution >= 0.6 is 0 Å². The van der Waals surface area contributed by atoms with Crippen molar-refractivity contribution in [1.29, 1.82) is 0 Å². The van der Waals surface area contributed by atoms with Gasteiger partial charge in [-0.05, 0) is 31.0 Å². The first-order valence-electron chi connectivity index (χ1n) is 6.73. The Balaban J connectivity index is 2.26. The van der Waals surface area contributed by atoms with Crippen LogP contribution in [0.15, 0.2) is 29.1 Å². The Morgan fingerprint density at radius 2 is 2.05 bits per heavy atom. The van der Waals surface area contributed by atoms with Crippen LogP contribution in [0.4, 0.5) is 4.39 Å². The van der Waals surface area contributed by atoms with Crippen LogP contribution in [0.1, 0.15) is 24.6 Å². The number of benzene rings is 1. The van der Waals surface area contributed by atoms with E-state index in [0.717, 1.165) is 12.8 Å². The molecule has 0 atom stereocenters. The maximum Gasteiger partial charge on any atom is 0.189 e. The lowest BCUT2D eigenvalue weighted by molar-refractivity contribution is 0.0688. The molecule has 1 N–H and O–H groups in total. The molecule has 4 nitrogen and oxygen atoms in total. The van der Waals surface area contributed by atoms with E-state index in [4.69, 9.17) is 4.74 Å². The van der Waals surface area contributed by atoms with Crippen LogP contribution in [0, 0.1) is 5.82 Å². The molecule has 106 valence electrons. The fourth-order valence-electron chi connectivity index (χ4n) is 2.87. The Hall–Kier alpha value is -1.72. The van der Waals surface area contributed by atoms with Gasteiger partial charge >= 0.3 is 0 Å². The molecule has 3 rings (SSSR count). The number of hydrogen-bond donors (Lipinski definition) is 1. The molecule has 1 aliphatic rings. The predicted molar refractivity (Wildman–Crippen MR) is 73.2 cm³/mol. The smallest absolute Gasteiger partial charge is 0.189 e. The molecule has 2 aromatic rings. The van der Waals surface area contributed by atoms with Crippen molar-refractivity contribution in [2.45, 2.75) is 25.5 Å². The normalized spacial score (nSPS) is 16.7. The van der Waals surface area contributed by atoms with Crippen molar-refractivity contribution in [1.82, 2.24) is 4.57 Å². The average Bonchev–Trinajstić information content (AvgIpc) is 2.48. The topological polar surface area (TPSA) is 51.5 Å². The highest BCUT2D eigenvalue weighted by atomic mass is 19.1. The zero-order valence-electron chi connectivity index (χ0n) is 11.0. The first-order chi connectivity index (χ1) is 9.70. The number of hydrogen-bond acceptors (Lipinski definition) is 3. The van der Waals surface area contributed by atoms with Crippen LogP contribution in [0.5, 0.6) is 0 Å². The highest BCUT2D eigenvalue weighted by Crippen LogP contribution is 2.27. The summed E-state index contributed by atoms with van der Waals surface area (Å²) in [6, 6.07) is 5.78. The number of fused-ring (bicyclic) bond motifs is 1. The van der Waals surface area contributed by atoms with E-state index >= 15 is 0 Å². The zero-order chi connectivity index (χ0) is 14.1. The molecular weight excluding hydrogens is 261 g/mol. The molecule has 1 aliphatic heterocycles. The van der Waals surface area contributed by atoms with Gasteiger partial charge in [0.2, 0.25) is 0 Å². The van der Waals surface area contributed by atoms with Gasteiger partial charge < -0.3 is 14.4 Å². The van der Waals surface area contributed by atoms with Gasteiger partial charge in [-0.25, -0.2) is 4.39 Å². The molecule has 1 saturated heterocycles. The molecule has 1 fully saturated rings. The van der Waals surface area contributed by atoms with Crippen LogP contribution in [0.2, 0.25) is 0 Å². The summed E-state index contributed by atoms with van der Waals surface area (Å²) in [7, 11) is 0. The van der Waals surface area contributed by atoms with Crippen LogP contribution in [0.25, 0.3) is 10.9 Å². The summed E-state index contributed by atoms with van der Waals surface area (Å²) in [5, 5.41) is 9.88. The number of pyridine rings is 1. The van der Waals surface area contributed by atoms with Gasteiger partial charge in [0.25, 0.3) is 0 Å². The lowest BCUT2D eigenvalue weighted by atomic mass is 10.1. The lowest BCUT2D eigenvalue weighted by Gasteiger charge is -2.28. The number of aliphatic hydroxyl groups excluding tert-OH is 1. The van der Waals surface area contributed by atoms with E-state index in [2.05, 4.69) is 0 Å². The third-order valence-electron chi connectivity index (χ3n) is 3.81. The fourth-order valence-corrected chi connectivity index (χ4v) is 2.87. The van der Waals surface area contributed by atoms with E-state index in [9.17, 15) is 14.3 Å². The average molecular weight is 277 g/mol. The number of ether oxygens (including phenoxy) is 1. The molecule has 0 unspecified atom stereocenters. The summed E-state index contributed by atoms with van der Waals surface area (Å²) < 4.78 is 20.7. The predicted octanol–water partition coefficient (Wildman–Crippen LogP) is 1.98. The number of nitrogens with zero attached hydrogens (tertiary/aromatic N) is 1. The van der Waals surface area contributed by atoms with E-state index in [-0.39, 0.29) is 18.1 Å². The second kappa shape index (κ2) is 5.34. The van der Waals surface area contributed by atoms with Crippen molar-refractivity contribution in [3.63, 3.8) is 0 Å². The van der Waals surface area contributed by atoms with Crippen LogP contribution in [-0.4, -0.2) is 22.9 Å². The van der Waals surface area contributed by atoms with Crippen LogP contribution < -0.4 is 5.43 Å². The minimum atomic E-state index is -0.426. The molecule has 0 saturated carbocycles. The van der Waals surface area contributed by atoms with Crippen molar-refractivity contribution in [3.05, 3.63) is 46.0 Å². The van der Waals surface area contributed by atoms with Crippen molar-refractivity contribution in [2.75, 3.05) is 13.2 Å². The van der Waals surface area contributed by atoms with Gasteiger partial charge in [0.05, 0.1) is 12.1 Å². The van der Waals surface area contributed by atoms with E-state index in [1.54, 1.807) is 6.07 Å². The van der Waals surface area contributed by atoms with Crippen molar-refractivity contribution in [2.24, 2.45) is 0 Å². The molecule has 0 bridgehead atoms. The quantitative estimate of drug-likeness (QED) is 0.913. The molecular formula is C15H16FNO3. The second-order valence-electron chi connectivity index (χ2n) is 5.03. The first-order valence-corrected chi connectivity index (χ1v) is 6.73. The Morgan fingerprint density at radius 3 is 2.75 bits per heavy atom. The van der Waals surface area contributed by atoms with Crippen LogP contribution in [0.3, 0.4) is 0 Å². The van der Waals surface area contributed by atoms with E-state index in [1.165, 1.54) is 18.2 Å². The third-order valence-corrected chi connectivity index (χ3v) is 3.81. The minimum absolute atomic E-state index is 0.166. The Labute approximate surface area is 115 Å². The SMILES string of the molecule is O=c1cc(CO)n(C2CCOCC2)c2ccc(F)cc12. The number of aliphatic hydroxyl groups is 1. The number of aromatic nitrogens is 1. The highest BCUT2D eigenvalue weighted by molar-refractivity contribution is 5.79. The first kappa shape index (κ1) is 13.3. The Kier molecular flexibility index (Phi) is 3.54. The van der Waals surface area contributed by atoms with Crippen molar-refractivity contribution < 1.29 is 14.2 Å². The minimum Gasteiger partial charge on any atom is -0.390 e. The lowest BCUT2D eigenvalue weighted by Crippen LogP contribution is -2.24. The maximum atomic E-state index is 13.4. The second-order valence-corrected chi connectivity index (χ2v) is 5.03. The summed E-state index contributed by atoms with van der Waals surface area (Å²) >= 11 is 0. The zero-order valence-corrected chi connectivity index (χ0v) is 11.0. The monoisotopic (exact) mass is 277 g/mol. The summed E-state index contributed by atoms with van der Waals surface area (Å²) in [5.41, 5.74) is 0.989. The molecule has 0 aliphatic carbocycles. The standard InChI is InChI=1S/C15H16FNO3/c16-10-1-2-14-13(7-10)15(19)8-12(9-18)17(14)11-3-5-20-6-4-11/h1-2,7-8,11,18H,3-6,9H2. The summed E-state index contributed by atoms with van der Waals surface area (Å²) in [4.78, 5) is 12.0. The Morgan fingerprint density at radius 1 is 1.30 bits per heavy atom. The van der Waals surface area contributed by atoms with Crippen molar-refractivity contribution in [3.8, 4) is 0 Å². The fraction of sp³-hybridized carbons (Fsp3) is 0.400. The molecule has 1 aromatic carbocycles. The maximum absolute atomic E-state index is 13.4. The largest absolute Gasteiger partial charge is 0.390 e. The van der Waals surface area contributed by atoms with Gasteiger partial charge in [0.1, 0.15) is 5.82 Å². The van der Waals surface area contributed by atoms with Crippen molar-refractivity contribution >= 4 is 10.9 Å². The Bertz CT molecular complexity index is 689. The van der Waals surface area contributed by atoms with Gasteiger partial charge in [-0.3, -0.25) is 4.79 Å². The van der Waals surface area contributed by atoms with Gasteiger partial charge in [-0.2, -0.15) is 0 Å². The molecule has 5 heteroatoms. The molecule has 0 radical (unpaired) electrons. The van der Waals surface area contributed by atoms with E-state index in [0.29, 0.717) is 29.8 Å². The molecule has 1 aromatic heterocycles. The molecule has 0 spiro atoms. The molecule has 0 amide bonds. The van der Waals surface area contributed by atoms with E-state index < -0.39 is 5.82 Å². The van der Waals surface area contributed by atoms with Gasteiger partial charge in [0, 0.05) is 36.4 Å². The third kappa shape index (κ3) is 2.23. The van der Waals surface area contributed by atoms with Gasteiger partial charge in [-0.15, -0.1) is 0 Å². The highest BCUT2D eigenvalue weighted by Gasteiger charge is 2.20. The molecule has 20 heavy (non-hydrogen) atoms. The summed E-state index contributed by atoms with van der Waals surface area (Å²) in [6.45, 7) is 1.11. The summed E-state index contributed by atoms with van der Waals surface area (Å²) in [6.07, 6.45) is 1.64. The van der Waals surface area contributed by atoms with Gasteiger partial charge in [0.15, 0.2) is 5.43 Å². The number of rotatable bonds is 2. The van der Waals surface area contributed by atoms with Gasteiger partial charge in [-0.1, -0.05) is 0 Å². The number of halogens is 1. The molecule has 2 heterocycles. The van der Waals surface area contributed by atoms with Crippen LogP contribution in [-0.2, 0) is 11.3 Å².